The molecule has 0 saturated heterocycles. The molecule has 2 aromatic carbocycles. The molecule has 0 aliphatic rings. The zero-order chi connectivity index (χ0) is 16.9. The minimum absolute atomic E-state index is 0.0794. The number of hydrogen-bond donors (Lipinski definition) is 1. The number of aldehydes is 1. The minimum Gasteiger partial charge on any atom is -0.466 e. The Morgan fingerprint density at radius 2 is 1.92 bits per heavy atom. The third-order valence-electron chi connectivity index (χ3n) is 4.07. The van der Waals surface area contributed by atoms with E-state index in [1.54, 1.807) is 0 Å². The number of ether oxygens (including phenoxy) is 1. The molecule has 1 unspecified atom stereocenters. The Balaban J connectivity index is 2.00. The van der Waals surface area contributed by atoms with Crippen LogP contribution in [0.2, 0.25) is 0 Å². The molecule has 1 atom stereocenters. The van der Waals surface area contributed by atoms with Crippen LogP contribution in [-0.4, -0.2) is 23.8 Å². The molecule has 0 saturated carbocycles. The van der Waals surface area contributed by atoms with E-state index in [9.17, 15) is 9.59 Å². The third kappa shape index (κ3) is 3.38. The normalized spacial score (nSPS) is 12.0. The summed E-state index contributed by atoms with van der Waals surface area (Å²) in [6, 6.07) is 17.7. The quantitative estimate of drug-likeness (QED) is 0.550. The fourth-order valence-corrected chi connectivity index (χ4v) is 2.95. The number of rotatable bonds is 6. The highest BCUT2D eigenvalue weighted by molar-refractivity contribution is 5.88. The van der Waals surface area contributed by atoms with Crippen LogP contribution in [0, 0.1) is 0 Å². The number of carbonyl (C=O) groups is 2. The second kappa shape index (κ2) is 7.13. The minimum atomic E-state index is -0.214. The van der Waals surface area contributed by atoms with Crippen LogP contribution in [-0.2, 0) is 9.53 Å². The van der Waals surface area contributed by atoms with Gasteiger partial charge in [-0.3, -0.25) is 9.59 Å². The topological polar surface area (TPSA) is 59.2 Å². The number of esters is 1. The van der Waals surface area contributed by atoms with E-state index in [1.807, 2.05) is 61.5 Å². The molecule has 0 radical (unpaired) electrons. The average molecular weight is 321 g/mol. The Hall–Kier alpha value is -2.88. The van der Waals surface area contributed by atoms with E-state index in [1.165, 1.54) is 0 Å². The number of aromatic amines is 1. The average Bonchev–Trinajstić information content (AvgIpc) is 3.03. The van der Waals surface area contributed by atoms with Crippen LogP contribution in [0.25, 0.3) is 10.9 Å². The monoisotopic (exact) mass is 321 g/mol. The van der Waals surface area contributed by atoms with Crippen LogP contribution >= 0.6 is 0 Å². The number of nitrogens with one attached hydrogen (secondary N) is 1. The first-order chi connectivity index (χ1) is 11.7. The molecule has 1 heterocycles. The van der Waals surface area contributed by atoms with Gasteiger partial charge >= 0.3 is 5.97 Å². The summed E-state index contributed by atoms with van der Waals surface area (Å²) in [7, 11) is 0. The Bertz CT molecular complexity index is 852. The van der Waals surface area contributed by atoms with Crippen LogP contribution < -0.4 is 0 Å². The molecule has 0 aliphatic carbocycles. The lowest BCUT2D eigenvalue weighted by Crippen LogP contribution is -2.11. The van der Waals surface area contributed by atoms with Gasteiger partial charge in [-0.15, -0.1) is 0 Å². The maximum atomic E-state index is 12.0. The van der Waals surface area contributed by atoms with Crippen LogP contribution in [0.15, 0.2) is 54.6 Å². The molecular weight excluding hydrogens is 302 g/mol. The van der Waals surface area contributed by atoms with Crippen LogP contribution in [0.5, 0.6) is 0 Å². The molecule has 3 aromatic rings. The molecule has 1 N–H and O–H groups in total. The lowest BCUT2D eigenvalue weighted by Gasteiger charge is -2.17. The van der Waals surface area contributed by atoms with E-state index in [-0.39, 0.29) is 18.3 Å². The number of hydrogen-bond acceptors (Lipinski definition) is 3. The number of benzene rings is 2. The molecule has 0 aliphatic heterocycles. The molecule has 0 amide bonds. The molecule has 4 nitrogen and oxygen atoms in total. The smallest absolute Gasteiger partial charge is 0.306 e. The standard InChI is InChI=1S/C20H19NO3/c1-2-24-20(23)12-18(14-6-4-3-5-7-14)15-8-9-19-16(10-15)11-17(13-22)21-19/h3-11,13,18,21H,2,12H2,1H3. The highest BCUT2D eigenvalue weighted by Gasteiger charge is 2.19. The predicted octanol–water partition coefficient (Wildman–Crippen LogP) is 4.07. The highest BCUT2D eigenvalue weighted by atomic mass is 16.5. The lowest BCUT2D eigenvalue weighted by atomic mass is 9.88. The Morgan fingerprint density at radius 1 is 1.12 bits per heavy atom. The number of fused-ring (bicyclic) bond motifs is 1. The van der Waals surface area contributed by atoms with Crippen molar-refractivity contribution in [3.05, 3.63) is 71.4 Å². The van der Waals surface area contributed by atoms with Crippen molar-refractivity contribution < 1.29 is 14.3 Å². The zero-order valence-electron chi connectivity index (χ0n) is 13.5. The Kier molecular flexibility index (Phi) is 4.75. The van der Waals surface area contributed by atoms with Gasteiger partial charge in [-0.2, -0.15) is 0 Å². The van der Waals surface area contributed by atoms with E-state index in [2.05, 4.69) is 4.98 Å². The largest absolute Gasteiger partial charge is 0.466 e. The molecule has 0 bridgehead atoms. The third-order valence-corrected chi connectivity index (χ3v) is 4.07. The Morgan fingerprint density at radius 3 is 2.62 bits per heavy atom. The predicted molar refractivity (Wildman–Crippen MR) is 93.2 cm³/mol. The van der Waals surface area contributed by atoms with Crippen LogP contribution in [0.4, 0.5) is 0 Å². The van der Waals surface area contributed by atoms with Crippen molar-refractivity contribution in [3.8, 4) is 0 Å². The van der Waals surface area contributed by atoms with Crippen LogP contribution in [0.3, 0.4) is 0 Å². The fourth-order valence-electron chi connectivity index (χ4n) is 2.95. The van der Waals surface area contributed by atoms with Gasteiger partial charge in [-0.05, 0) is 36.2 Å². The first kappa shape index (κ1) is 16.0. The molecule has 122 valence electrons. The number of H-pyrrole nitrogens is 1. The second-order valence-corrected chi connectivity index (χ2v) is 5.66. The maximum Gasteiger partial charge on any atom is 0.306 e. The number of carbonyl (C=O) groups excluding carboxylic acids is 2. The van der Waals surface area contributed by atoms with Crippen molar-refractivity contribution in [1.29, 1.82) is 0 Å². The summed E-state index contributed by atoms with van der Waals surface area (Å²) in [6.45, 7) is 2.18. The van der Waals surface area contributed by atoms with Gasteiger partial charge in [-0.1, -0.05) is 36.4 Å². The van der Waals surface area contributed by atoms with Gasteiger partial charge in [0, 0.05) is 16.8 Å². The van der Waals surface area contributed by atoms with Gasteiger partial charge in [0.2, 0.25) is 0 Å². The summed E-state index contributed by atoms with van der Waals surface area (Å²) in [6.07, 6.45) is 1.08. The molecule has 1 aromatic heterocycles. The zero-order valence-corrected chi connectivity index (χ0v) is 13.5. The molecular formula is C20H19NO3. The van der Waals surface area contributed by atoms with E-state index < -0.39 is 0 Å². The van der Waals surface area contributed by atoms with Crippen molar-refractivity contribution in [2.24, 2.45) is 0 Å². The van der Waals surface area contributed by atoms with Crippen molar-refractivity contribution >= 4 is 23.2 Å². The van der Waals surface area contributed by atoms with Gasteiger partial charge in [0.25, 0.3) is 0 Å². The summed E-state index contributed by atoms with van der Waals surface area (Å²) in [5.74, 6) is -0.293. The van der Waals surface area contributed by atoms with E-state index in [0.717, 1.165) is 28.3 Å². The van der Waals surface area contributed by atoms with Crippen molar-refractivity contribution in [2.75, 3.05) is 6.61 Å². The molecule has 3 rings (SSSR count). The summed E-state index contributed by atoms with van der Waals surface area (Å²) in [5.41, 5.74) is 3.54. The van der Waals surface area contributed by atoms with Gasteiger partial charge in [0.15, 0.2) is 6.29 Å². The molecule has 0 spiro atoms. The maximum absolute atomic E-state index is 12.0. The van der Waals surface area contributed by atoms with E-state index in [0.29, 0.717) is 12.3 Å². The first-order valence-corrected chi connectivity index (χ1v) is 7.99. The van der Waals surface area contributed by atoms with E-state index >= 15 is 0 Å². The van der Waals surface area contributed by atoms with E-state index in [4.69, 9.17) is 4.74 Å². The SMILES string of the molecule is CCOC(=O)CC(c1ccccc1)c1ccc2[nH]c(C=O)cc2c1. The highest BCUT2D eigenvalue weighted by Crippen LogP contribution is 2.30. The number of aromatic nitrogens is 1. The summed E-state index contributed by atoms with van der Waals surface area (Å²) in [4.78, 5) is 26.0. The first-order valence-electron chi connectivity index (χ1n) is 7.99. The van der Waals surface area contributed by atoms with Gasteiger partial charge in [0.05, 0.1) is 18.7 Å². The summed E-state index contributed by atoms with van der Waals surface area (Å²) < 4.78 is 5.13. The molecule has 24 heavy (non-hydrogen) atoms. The van der Waals surface area contributed by atoms with Gasteiger partial charge in [0.1, 0.15) is 0 Å². The van der Waals surface area contributed by atoms with Gasteiger partial charge < -0.3 is 9.72 Å². The molecule has 4 heteroatoms. The lowest BCUT2D eigenvalue weighted by molar-refractivity contribution is -0.143. The van der Waals surface area contributed by atoms with Crippen LogP contribution in [0.1, 0.15) is 40.9 Å². The van der Waals surface area contributed by atoms with Crippen molar-refractivity contribution in [1.82, 2.24) is 4.98 Å². The summed E-state index contributed by atoms with van der Waals surface area (Å²) in [5, 5.41) is 0.958. The molecule has 0 fully saturated rings. The van der Waals surface area contributed by atoms with Crippen molar-refractivity contribution in [3.63, 3.8) is 0 Å². The Labute approximate surface area is 140 Å². The summed E-state index contributed by atoms with van der Waals surface area (Å²) >= 11 is 0. The fraction of sp³-hybridized carbons (Fsp3) is 0.200. The second-order valence-electron chi connectivity index (χ2n) is 5.66. The van der Waals surface area contributed by atoms with Gasteiger partial charge in [-0.25, -0.2) is 0 Å². The van der Waals surface area contributed by atoms with Crippen molar-refractivity contribution in [2.45, 2.75) is 19.3 Å².